The minimum atomic E-state index is 0.363. The molecule has 0 spiro atoms. The summed E-state index contributed by atoms with van der Waals surface area (Å²) in [6, 6.07) is 0. The second-order valence-electron chi connectivity index (χ2n) is 5.55. The Balaban J connectivity index is 4.20. The SMILES string of the molecule is CC(C)(CCCN)C(C)(C)CCCN. The third-order valence-electron chi connectivity index (χ3n) is 3.84. The molecule has 0 heterocycles. The molecule has 0 radical (unpaired) electrons. The molecule has 0 saturated heterocycles. The van der Waals surface area contributed by atoms with Crippen molar-refractivity contribution in [3.8, 4) is 0 Å². The molecule has 0 atom stereocenters. The summed E-state index contributed by atoms with van der Waals surface area (Å²) in [5.41, 5.74) is 11.8. The highest BCUT2D eigenvalue weighted by Crippen LogP contribution is 2.45. The van der Waals surface area contributed by atoms with Crippen LogP contribution in [0.1, 0.15) is 53.4 Å². The molecule has 0 saturated carbocycles. The summed E-state index contributed by atoms with van der Waals surface area (Å²) in [4.78, 5) is 0. The zero-order valence-electron chi connectivity index (χ0n) is 10.4. The maximum Gasteiger partial charge on any atom is -0.00771 e. The minimum Gasteiger partial charge on any atom is -0.330 e. The average Bonchev–Trinajstić information content (AvgIpc) is 2.11. The van der Waals surface area contributed by atoms with Crippen LogP contribution in [-0.2, 0) is 0 Å². The maximum absolute atomic E-state index is 5.56. The summed E-state index contributed by atoms with van der Waals surface area (Å²) in [6.07, 6.45) is 4.67. The van der Waals surface area contributed by atoms with Gasteiger partial charge in [0.2, 0.25) is 0 Å². The van der Waals surface area contributed by atoms with Crippen molar-refractivity contribution in [2.24, 2.45) is 22.3 Å². The highest BCUT2D eigenvalue weighted by molar-refractivity contribution is 4.85. The van der Waals surface area contributed by atoms with E-state index >= 15 is 0 Å². The fraction of sp³-hybridized carbons (Fsp3) is 1.00. The van der Waals surface area contributed by atoms with Crippen LogP contribution in [0.5, 0.6) is 0 Å². The highest BCUT2D eigenvalue weighted by Gasteiger charge is 2.35. The first-order valence-electron chi connectivity index (χ1n) is 5.77. The fourth-order valence-electron chi connectivity index (χ4n) is 1.76. The molecule has 2 heteroatoms. The zero-order valence-corrected chi connectivity index (χ0v) is 10.4. The van der Waals surface area contributed by atoms with Crippen molar-refractivity contribution < 1.29 is 0 Å². The highest BCUT2D eigenvalue weighted by atomic mass is 14.5. The van der Waals surface area contributed by atoms with Gasteiger partial charge in [-0.3, -0.25) is 0 Å². The van der Waals surface area contributed by atoms with Crippen molar-refractivity contribution in [3.05, 3.63) is 0 Å². The van der Waals surface area contributed by atoms with Crippen LogP contribution in [0.3, 0.4) is 0 Å². The Morgan fingerprint density at radius 2 is 1.00 bits per heavy atom. The predicted octanol–water partition coefficient (Wildman–Crippen LogP) is 2.52. The molecule has 4 N–H and O–H groups in total. The number of nitrogens with two attached hydrogens (primary N) is 2. The Morgan fingerprint density at radius 1 is 0.714 bits per heavy atom. The number of hydrogen-bond donors (Lipinski definition) is 2. The Morgan fingerprint density at radius 3 is 1.21 bits per heavy atom. The largest absolute Gasteiger partial charge is 0.330 e. The average molecular weight is 200 g/mol. The van der Waals surface area contributed by atoms with E-state index in [0.29, 0.717) is 10.8 Å². The standard InChI is InChI=1S/C12H28N2/c1-11(2,7-5-9-13)12(3,4)8-6-10-14/h5-10,13-14H2,1-4H3. The van der Waals surface area contributed by atoms with E-state index in [9.17, 15) is 0 Å². The van der Waals surface area contributed by atoms with E-state index in [1.807, 2.05) is 0 Å². The van der Waals surface area contributed by atoms with E-state index in [1.54, 1.807) is 0 Å². The monoisotopic (exact) mass is 200 g/mol. The Labute approximate surface area is 89.4 Å². The van der Waals surface area contributed by atoms with Gasteiger partial charge in [0.25, 0.3) is 0 Å². The van der Waals surface area contributed by atoms with Gasteiger partial charge in [-0.25, -0.2) is 0 Å². The molecule has 0 fully saturated rings. The molecule has 86 valence electrons. The molecule has 0 aliphatic carbocycles. The van der Waals surface area contributed by atoms with Crippen LogP contribution in [0.2, 0.25) is 0 Å². The van der Waals surface area contributed by atoms with Crippen LogP contribution < -0.4 is 11.5 Å². The summed E-state index contributed by atoms with van der Waals surface area (Å²) in [7, 11) is 0. The smallest absolute Gasteiger partial charge is 0.00771 e. The fourth-order valence-corrected chi connectivity index (χ4v) is 1.76. The molecule has 0 rings (SSSR count). The van der Waals surface area contributed by atoms with Crippen LogP contribution >= 0.6 is 0 Å². The van der Waals surface area contributed by atoms with Gasteiger partial charge in [0.15, 0.2) is 0 Å². The van der Waals surface area contributed by atoms with Crippen LogP contribution in [0, 0.1) is 10.8 Å². The first kappa shape index (κ1) is 13.9. The third kappa shape index (κ3) is 3.97. The van der Waals surface area contributed by atoms with Crippen molar-refractivity contribution in [1.82, 2.24) is 0 Å². The second-order valence-corrected chi connectivity index (χ2v) is 5.55. The van der Waals surface area contributed by atoms with Gasteiger partial charge in [-0.1, -0.05) is 27.7 Å². The minimum absolute atomic E-state index is 0.363. The van der Waals surface area contributed by atoms with Gasteiger partial charge in [0, 0.05) is 0 Å². The molecule has 0 aromatic heterocycles. The number of hydrogen-bond acceptors (Lipinski definition) is 2. The lowest BCUT2D eigenvalue weighted by Crippen LogP contribution is -2.33. The van der Waals surface area contributed by atoms with E-state index in [0.717, 1.165) is 25.9 Å². The van der Waals surface area contributed by atoms with Crippen LogP contribution in [-0.4, -0.2) is 13.1 Å². The van der Waals surface area contributed by atoms with E-state index in [4.69, 9.17) is 11.5 Å². The van der Waals surface area contributed by atoms with Crippen molar-refractivity contribution in [2.75, 3.05) is 13.1 Å². The van der Waals surface area contributed by atoms with Crippen molar-refractivity contribution in [1.29, 1.82) is 0 Å². The summed E-state index contributed by atoms with van der Waals surface area (Å²) >= 11 is 0. The van der Waals surface area contributed by atoms with E-state index in [1.165, 1.54) is 12.8 Å². The number of rotatable bonds is 7. The molecule has 0 aromatic rings. The Hall–Kier alpha value is -0.0800. The van der Waals surface area contributed by atoms with Crippen molar-refractivity contribution in [3.63, 3.8) is 0 Å². The summed E-state index contributed by atoms with van der Waals surface area (Å²) in [5.74, 6) is 0. The quantitative estimate of drug-likeness (QED) is 0.663. The van der Waals surface area contributed by atoms with Gasteiger partial charge >= 0.3 is 0 Å². The molecule has 0 aliphatic heterocycles. The topological polar surface area (TPSA) is 52.0 Å². The first-order chi connectivity index (χ1) is 6.37. The molecular formula is C12H28N2. The van der Waals surface area contributed by atoms with Gasteiger partial charge in [-0.15, -0.1) is 0 Å². The Bertz CT molecular complexity index is 132. The van der Waals surface area contributed by atoms with Gasteiger partial charge in [0.05, 0.1) is 0 Å². The first-order valence-corrected chi connectivity index (χ1v) is 5.77. The molecule has 0 amide bonds. The molecular weight excluding hydrogens is 172 g/mol. The van der Waals surface area contributed by atoms with Crippen LogP contribution in [0.25, 0.3) is 0 Å². The van der Waals surface area contributed by atoms with Crippen molar-refractivity contribution in [2.45, 2.75) is 53.4 Å². The van der Waals surface area contributed by atoms with Gasteiger partial charge in [-0.05, 0) is 49.6 Å². The van der Waals surface area contributed by atoms with Gasteiger partial charge < -0.3 is 11.5 Å². The second kappa shape index (κ2) is 5.72. The van der Waals surface area contributed by atoms with Crippen LogP contribution in [0.15, 0.2) is 0 Å². The third-order valence-corrected chi connectivity index (χ3v) is 3.84. The lowest BCUT2D eigenvalue weighted by Gasteiger charge is -2.42. The Kier molecular flexibility index (Phi) is 5.68. The zero-order chi connectivity index (χ0) is 11.2. The molecule has 0 aliphatic rings. The van der Waals surface area contributed by atoms with Crippen LogP contribution in [0.4, 0.5) is 0 Å². The van der Waals surface area contributed by atoms with Crippen molar-refractivity contribution >= 4 is 0 Å². The van der Waals surface area contributed by atoms with E-state index in [2.05, 4.69) is 27.7 Å². The molecule has 0 bridgehead atoms. The summed E-state index contributed by atoms with van der Waals surface area (Å²) in [6.45, 7) is 11.0. The molecule has 0 aromatic carbocycles. The summed E-state index contributed by atoms with van der Waals surface area (Å²) < 4.78 is 0. The lowest BCUT2D eigenvalue weighted by molar-refractivity contribution is 0.0847. The predicted molar refractivity (Wildman–Crippen MR) is 64.1 cm³/mol. The van der Waals surface area contributed by atoms with E-state index < -0.39 is 0 Å². The van der Waals surface area contributed by atoms with Gasteiger partial charge in [-0.2, -0.15) is 0 Å². The normalized spacial score (nSPS) is 13.3. The lowest BCUT2D eigenvalue weighted by atomic mass is 9.63. The molecule has 2 nitrogen and oxygen atoms in total. The molecule has 14 heavy (non-hydrogen) atoms. The maximum atomic E-state index is 5.56. The van der Waals surface area contributed by atoms with E-state index in [-0.39, 0.29) is 0 Å². The van der Waals surface area contributed by atoms with Gasteiger partial charge in [0.1, 0.15) is 0 Å². The summed E-state index contributed by atoms with van der Waals surface area (Å²) in [5, 5.41) is 0. The molecule has 0 unspecified atom stereocenters.